The maximum atomic E-state index is 11.6. The first-order valence-corrected chi connectivity index (χ1v) is 6.93. The van der Waals surface area contributed by atoms with Gasteiger partial charge in [-0.05, 0) is 31.7 Å². The summed E-state index contributed by atoms with van der Waals surface area (Å²) in [6.07, 6.45) is 2.88. The molecule has 0 bridgehead atoms. The molecular weight excluding hydrogens is 272 g/mol. The SMILES string of the molecule is C[C@@](O)(CNC(=O)CCCCc1ccccc1)C(=O)NO. The van der Waals surface area contributed by atoms with Gasteiger partial charge in [0.05, 0.1) is 6.54 Å². The predicted octanol–water partition coefficient (Wildman–Crippen LogP) is 0.772. The lowest BCUT2D eigenvalue weighted by molar-refractivity contribution is -0.147. The number of rotatable bonds is 8. The van der Waals surface area contributed by atoms with Crippen molar-refractivity contribution < 1.29 is 19.9 Å². The smallest absolute Gasteiger partial charge is 0.276 e. The number of carbonyl (C=O) groups excluding carboxylic acids is 2. The second kappa shape index (κ2) is 8.39. The van der Waals surface area contributed by atoms with Crippen LogP contribution < -0.4 is 10.8 Å². The van der Waals surface area contributed by atoms with Gasteiger partial charge in [-0.3, -0.25) is 14.8 Å². The van der Waals surface area contributed by atoms with E-state index in [9.17, 15) is 14.7 Å². The molecule has 6 nitrogen and oxygen atoms in total. The van der Waals surface area contributed by atoms with Crippen molar-refractivity contribution in [3.8, 4) is 0 Å². The summed E-state index contributed by atoms with van der Waals surface area (Å²) in [5, 5.41) is 20.6. The van der Waals surface area contributed by atoms with Gasteiger partial charge in [0.25, 0.3) is 5.91 Å². The number of aliphatic hydroxyl groups is 1. The molecule has 0 spiro atoms. The molecule has 1 atom stereocenters. The Hall–Kier alpha value is -1.92. The van der Waals surface area contributed by atoms with Crippen LogP contribution in [0, 0.1) is 0 Å². The molecule has 0 fully saturated rings. The van der Waals surface area contributed by atoms with Gasteiger partial charge in [0.2, 0.25) is 5.91 Å². The normalized spacial score (nSPS) is 13.3. The van der Waals surface area contributed by atoms with E-state index in [-0.39, 0.29) is 12.5 Å². The number of unbranched alkanes of at least 4 members (excludes halogenated alkanes) is 1. The maximum absolute atomic E-state index is 11.6. The van der Waals surface area contributed by atoms with Gasteiger partial charge >= 0.3 is 0 Å². The van der Waals surface area contributed by atoms with Gasteiger partial charge in [-0.1, -0.05) is 30.3 Å². The number of amides is 2. The highest BCUT2D eigenvalue weighted by Crippen LogP contribution is 2.06. The van der Waals surface area contributed by atoms with E-state index in [2.05, 4.69) is 5.32 Å². The molecule has 1 rings (SSSR count). The molecule has 21 heavy (non-hydrogen) atoms. The Morgan fingerprint density at radius 2 is 1.86 bits per heavy atom. The summed E-state index contributed by atoms with van der Waals surface area (Å²) >= 11 is 0. The minimum absolute atomic E-state index is 0.228. The van der Waals surface area contributed by atoms with Crippen LogP contribution in [-0.2, 0) is 16.0 Å². The first-order chi connectivity index (χ1) is 9.95. The predicted molar refractivity (Wildman–Crippen MR) is 77.6 cm³/mol. The molecule has 0 saturated carbocycles. The number of nitrogens with one attached hydrogen (secondary N) is 2. The first-order valence-electron chi connectivity index (χ1n) is 6.93. The van der Waals surface area contributed by atoms with Gasteiger partial charge in [-0.15, -0.1) is 0 Å². The van der Waals surface area contributed by atoms with Crippen molar-refractivity contribution in [3.63, 3.8) is 0 Å². The van der Waals surface area contributed by atoms with Crippen molar-refractivity contribution in [1.82, 2.24) is 10.8 Å². The minimum Gasteiger partial charge on any atom is -0.378 e. The van der Waals surface area contributed by atoms with Crippen LogP contribution in [0.2, 0.25) is 0 Å². The second-order valence-corrected chi connectivity index (χ2v) is 5.18. The van der Waals surface area contributed by atoms with E-state index in [1.807, 2.05) is 30.3 Å². The Morgan fingerprint density at radius 1 is 1.19 bits per heavy atom. The van der Waals surface area contributed by atoms with Gasteiger partial charge in [0.1, 0.15) is 0 Å². The van der Waals surface area contributed by atoms with Crippen molar-refractivity contribution in [2.75, 3.05) is 6.54 Å². The molecule has 116 valence electrons. The van der Waals surface area contributed by atoms with Crippen LogP contribution in [0.4, 0.5) is 0 Å². The summed E-state index contributed by atoms with van der Waals surface area (Å²) in [4.78, 5) is 22.7. The largest absolute Gasteiger partial charge is 0.378 e. The molecule has 0 aliphatic heterocycles. The van der Waals surface area contributed by atoms with Gasteiger partial charge < -0.3 is 10.4 Å². The molecule has 0 aromatic heterocycles. The Balaban J connectivity index is 2.18. The highest BCUT2D eigenvalue weighted by atomic mass is 16.5. The van der Waals surface area contributed by atoms with Crippen molar-refractivity contribution >= 4 is 11.8 Å². The summed E-state index contributed by atoms with van der Waals surface area (Å²) < 4.78 is 0. The van der Waals surface area contributed by atoms with Crippen molar-refractivity contribution in [2.24, 2.45) is 0 Å². The van der Waals surface area contributed by atoms with Crippen LogP contribution in [0.1, 0.15) is 31.7 Å². The highest BCUT2D eigenvalue weighted by molar-refractivity contribution is 5.84. The fourth-order valence-electron chi connectivity index (χ4n) is 1.82. The fraction of sp³-hybridized carbons (Fsp3) is 0.467. The van der Waals surface area contributed by atoms with Gasteiger partial charge in [-0.25, -0.2) is 5.48 Å². The molecule has 0 radical (unpaired) electrons. The topological polar surface area (TPSA) is 98.7 Å². The van der Waals surface area contributed by atoms with Gasteiger partial charge in [0, 0.05) is 6.42 Å². The van der Waals surface area contributed by atoms with E-state index in [4.69, 9.17) is 5.21 Å². The zero-order chi connectivity index (χ0) is 15.7. The van der Waals surface area contributed by atoms with E-state index in [1.165, 1.54) is 18.0 Å². The van der Waals surface area contributed by atoms with Crippen molar-refractivity contribution in [1.29, 1.82) is 0 Å². The molecule has 6 heteroatoms. The highest BCUT2D eigenvalue weighted by Gasteiger charge is 2.30. The number of hydrogen-bond acceptors (Lipinski definition) is 4. The van der Waals surface area contributed by atoms with E-state index in [0.717, 1.165) is 19.3 Å². The van der Waals surface area contributed by atoms with Crippen LogP contribution in [0.25, 0.3) is 0 Å². The molecule has 0 aliphatic carbocycles. The Labute approximate surface area is 124 Å². The number of benzene rings is 1. The second-order valence-electron chi connectivity index (χ2n) is 5.18. The Kier molecular flexibility index (Phi) is 6.84. The van der Waals surface area contributed by atoms with E-state index >= 15 is 0 Å². The zero-order valence-electron chi connectivity index (χ0n) is 12.1. The monoisotopic (exact) mass is 294 g/mol. The van der Waals surface area contributed by atoms with E-state index in [1.54, 1.807) is 0 Å². The average Bonchev–Trinajstić information content (AvgIpc) is 2.49. The van der Waals surface area contributed by atoms with Crippen molar-refractivity contribution in [2.45, 2.75) is 38.2 Å². The summed E-state index contributed by atoms with van der Waals surface area (Å²) in [5.41, 5.74) is 0.771. The maximum Gasteiger partial charge on any atom is 0.276 e. The molecule has 4 N–H and O–H groups in total. The number of carbonyl (C=O) groups is 2. The Bertz CT molecular complexity index is 460. The summed E-state index contributed by atoms with van der Waals surface area (Å²) in [7, 11) is 0. The number of aryl methyl sites for hydroxylation is 1. The molecule has 1 aromatic rings. The minimum atomic E-state index is -1.82. The van der Waals surface area contributed by atoms with Crippen LogP contribution in [0.5, 0.6) is 0 Å². The van der Waals surface area contributed by atoms with Crippen LogP contribution >= 0.6 is 0 Å². The molecule has 0 saturated heterocycles. The quantitative estimate of drug-likeness (QED) is 0.323. The van der Waals surface area contributed by atoms with Crippen LogP contribution in [-0.4, -0.2) is 34.3 Å². The third-order valence-corrected chi connectivity index (χ3v) is 3.18. The zero-order valence-corrected chi connectivity index (χ0v) is 12.1. The van der Waals surface area contributed by atoms with E-state index < -0.39 is 11.5 Å². The first kappa shape index (κ1) is 17.1. The molecule has 2 amide bonds. The summed E-state index contributed by atoms with van der Waals surface area (Å²) in [5.74, 6) is -1.18. The van der Waals surface area contributed by atoms with Gasteiger partial charge in [-0.2, -0.15) is 0 Å². The Morgan fingerprint density at radius 3 is 2.48 bits per heavy atom. The van der Waals surface area contributed by atoms with Crippen LogP contribution in [0.3, 0.4) is 0 Å². The van der Waals surface area contributed by atoms with Gasteiger partial charge in [0.15, 0.2) is 5.60 Å². The molecule has 1 aromatic carbocycles. The van der Waals surface area contributed by atoms with Crippen molar-refractivity contribution in [3.05, 3.63) is 35.9 Å². The summed E-state index contributed by atoms with van der Waals surface area (Å²) in [6.45, 7) is 0.977. The number of hydrogen-bond donors (Lipinski definition) is 4. The molecule has 0 unspecified atom stereocenters. The van der Waals surface area contributed by atoms with E-state index in [0.29, 0.717) is 6.42 Å². The molecule has 0 aliphatic rings. The lowest BCUT2D eigenvalue weighted by Gasteiger charge is -2.20. The lowest BCUT2D eigenvalue weighted by atomic mass is 10.1. The fourth-order valence-corrected chi connectivity index (χ4v) is 1.82. The third-order valence-electron chi connectivity index (χ3n) is 3.18. The standard InChI is InChI=1S/C15H22N2O4/c1-15(20,14(19)17-21)11-16-13(18)10-6-5-9-12-7-3-2-4-8-12/h2-4,7-8,20-21H,5-6,9-11H2,1H3,(H,16,18)(H,17,19)/t15-/m1/s1. The summed E-state index contributed by atoms with van der Waals surface area (Å²) in [6, 6.07) is 10.0. The molecular formula is C15H22N2O4. The average molecular weight is 294 g/mol. The lowest BCUT2D eigenvalue weighted by Crippen LogP contribution is -2.51. The van der Waals surface area contributed by atoms with Crippen LogP contribution in [0.15, 0.2) is 30.3 Å². The molecule has 0 heterocycles. The number of hydroxylamine groups is 1. The third kappa shape index (κ3) is 6.37.